The van der Waals surface area contributed by atoms with E-state index in [9.17, 15) is 13.2 Å². The lowest BCUT2D eigenvalue weighted by molar-refractivity contribution is -0.121. The molecule has 0 fully saturated rings. The smallest absolute Gasteiger partial charge is 0.255 e. The summed E-state index contributed by atoms with van der Waals surface area (Å²) in [5, 5.41) is 4.53. The Morgan fingerprint density at radius 1 is 1.22 bits per heavy atom. The number of carbonyl (C=O) groups is 1. The van der Waals surface area contributed by atoms with Crippen LogP contribution in [0.4, 0.5) is 0 Å². The average Bonchev–Trinajstić information content (AvgIpc) is 2.63. The normalized spacial score (nSPS) is 11.7. The number of hydrazone groups is 1. The van der Waals surface area contributed by atoms with Gasteiger partial charge in [-0.1, -0.05) is 35.3 Å². The summed E-state index contributed by atoms with van der Waals surface area (Å²) >= 11 is 11.7. The predicted molar refractivity (Wildman–Crippen MR) is 105 cm³/mol. The molecule has 0 radical (unpaired) electrons. The molecule has 7 nitrogen and oxygen atoms in total. The lowest BCUT2D eigenvalue weighted by atomic mass is 10.2. The summed E-state index contributed by atoms with van der Waals surface area (Å²) in [6.07, 6.45) is 1.42. The van der Waals surface area contributed by atoms with Crippen molar-refractivity contribution in [3.05, 3.63) is 58.1 Å². The molecule has 1 amide bonds. The highest BCUT2D eigenvalue weighted by Crippen LogP contribution is 2.27. The van der Waals surface area contributed by atoms with Gasteiger partial charge in [0.15, 0.2) is 0 Å². The van der Waals surface area contributed by atoms with Crippen LogP contribution in [0.1, 0.15) is 5.56 Å². The molecule has 0 aromatic heterocycles. The standard InChI is InChI=1S/C17H17Cl2N3O4S/c1-22(27(24,25)14-7-8-16(26-2)15(19)9-14)11-17(23)21-20-10-12-3-5-13(18)6-4-12/h3-10H,11H2,1-2H3,(H,21,23)/b20-10-. The topological polar surface area (TPSA) is 88.1 Å². The number of benzene rings is 2. The molecular formula is C17H17Cl2N3O4S. The minimum absolute atomic E-state index is 0.0479. The third kappa shape index (κ3) is 5.67. The summed E-state index contributed by atoms with van der Waals surface area (Å²) in [6.45, 7) is -0.413. The molecule has 2 rings (SSSR count). The number of sulfonamides is 1. The molecule has 0 aliphatic heterocycles. The van der Waals surface area contributed by atoms with Crippen molar-refractivity contribution in [1.29, 1.82) is 0 Å². The molecule has 0 saturated carbocycles. The van der Waals surface area contributed by atoms with E-state index in [1.54, 1.807) is 24.3 Å². The Balaban J connectivity index is 2.00. The third-order valence-corrected chi connectivity index (χ3v) is 5.82. The zero-order valence-electron chi connectivity index (χ0n) is 14.5. The van der Waals surface area contributed by atoms with Gasteiger partial charge in [0.05, 0.1) is 29.8 Å². The second-order valence-corrected chi connectivity index (χ2v) is 8.29. The molecule has 0 heterocycles. The second-order valence-electron chi connectivity index (χ2n) is 5.40. The van der Waals surface area contributed by atoms with Crippen LogP contribution in [0.25, 0.3) is 0 Å². The maximum Gasteiger partial charge on any atom is 0.255 e. The van der Waals surface area contributed by atoms with Crippen molar-refractivity contribution in [3.8, 4) is 5.75 Å². The number of rotatable bonds is 7. The number of halogens is 2. The Morgan fingerprint density at radius 3 is 2.48 bits per heavy atom. The largest absolute Gasteiger partial charge is 0.495 e. The van der Waals surface area contributed by atoms with Gasteiger partial charge in [0.2, 0.25) is 10.0 Å². The number of hydrogen-bond acceptors (Lipinski definition) is 5. The van der Waals surface area contributed by atoms with E-state index in [-0.39, 0.29) is 9.92 Å². The summed E-state index contributed by atoms with van der Waals surface area (Å²) in [5.41, 5.74) is 3.01. The first-order valence-electron chi connectivity index (χ1n) is 7.61. The van der Waals surface area contributed by atoms with Crippen LogP contribution in [0.5, 0.6) is 5.75 Å². The van der Waals surface area contributed by atoms with Crippen LogP contribution in [-0.2, 0) is 14.8 Å². The minimum atomic E-state index is -3.90. The fourth-order valence-corrected chi connectivity index (χ4v) is 3.64. The van der Waals surface area contributed by atoms with Crippen LogP contribution in [0.2, 0.25) is 10.0 Å². The summed E-state index contributed by atoms with van der Waals surface area (Å²) < 4.78 is 31.0. The molecule has 27 heavy (non-hydrogen) atoms. The molecule has 1 N–H and O–H groups in total. The van der Waals surface area contributed by atoms with E-state index < -0.39 is 22.5 Å². The van der Waals surface area contributed by atoms with Crippen LogP contribution in [0, 0.1) is 0 Å². The van der Waals surface area contributed by atoms with Gasteiger partial charge >= 0.3 is 0 Å². The number of ether oxygens (including phenoxy) is 1. The molecule has 2 aromatic rings. The average molecular weight is 430 g/mol. The first-order chi connectivity index (χ1) is 12.7. The van der Waals surface area contributed by atoms with Crippen LogP contribution in [-0.4, -0.2) is 45.5 Å². The quantitative estimate of drug-likeness (QED) is 0.541. The van der Waals surface area contributed by atoms with Gasteiger partial charge in [-0.05, 0) is 35.9 Å². The summed E-state index contributed by atoms with van der Waals surface area (Å²) in [4.78, 5) is 11.9. The number of nitrogens with zero attached hydrogens (tertiary/aromatic N) is 2. The lowest BCUT2D eigenvalue weighted by Gasteiger charge is -2.16. The van der Waals surface area contributed by atoms with E-state index in [2.05, 4.69) is 10.5 Å². The SMILES string of the molecule is COc1ccc(S(=O)(=O)N(C)CC(=O)N/N=C\c2ccc(Cl)cc2)cc1Cl. The van der Waals surface area contributed by atoms with E-state index in [4.69, 9.17) is 27.9 Å². The molecule has 0 saturated heterocycles. The van der Waals surface area contributed by atoms with Gasteiger partial charge in [0, 0.05) is 12.1 Å². The molecule has 144 valence electrons. The van der Waals surface area contributed by atoms with E-state index in [0.717, 1.165) is 9.87 Å². The van der Waals surface area contributed by atoms with Crippen molar-refractivity contribution >= 4 is 45.3 Å². The van der Waals surface area contributed by atoms with Gasteiger partial charge < -0.3 is 4.74 Å². The number of likely N-dealkylation sites (N-methyl/N-ethyl adjacent to an activating group) is 1. The minimum Gasteiger partial charge on any atom is -0.495 e. The maximum absolute atomic E-state index is 12.5. The Kier molecular flexibility index (Phi) is 7.20. The van der Waals surface area contributed by atoms with Crippen LogP contribution >= 0.6 is 23.2 Å². The summed E-state index contributed by atoms with van der Waals surface area (Å²) in [6, 6.07) is 10.9. The Labute approximate surface area is 167 Å². The molecule has 10 heteroatoms. The number of nitrogens with one attached hydrogen (secondary N) is 1. The molecule has 0 atom stereocenters. The van der Waals surface area contributed by atoms with Gasteiger partial charge in [0.1, 0.15) is 5.75 Å². The Bertz CT molecular complexity index is 947. The highest BCUT2D eigenvalue weighted by molar-refractivity contribution is 7.89. The fraction of sp³-hybridized carbons (Fsp3) is 0.176. The molecule has 0 aliphatic carbocycles. The number of carbonyl (C=O) groups excluding carboxylic acids is 1. The van der Waals surface area contributed by atoms with E-state index in [1.807, 2.05) is 0 Å². The Hall–Kier alpha value is -2.13. The highest BCUT2D eigenvalue weighted by atomic mass is 35.5. The monoisotopic (exact) mass is 429 g/mol. The van der Waals surface area contributed by atoms with Crippen molar-refractivity contribution in [2.24, 2.45) is 5.10 Å². The number of amides is 1. The van der Waals surface area contributed by atoms with Gasteiger partial charge in [-0.25, -0.2) is 13.8 Å². The van der Waals surface area contributed by atoms with Crippen molar-refractivity contribution < 1.29 is 17.9 Å². The molecule has 2 aromatic carbocycles. The summed E-state index contributed by atoms with van der Waals surface area (Å²) in [5.74, 6) is -0.238. The van der Waals surface area contributed by atoms with Crippen LogP contribution in [0.3, 0.4) is 0 Å². The van der Waals surface area contributed by atoms with Gasteiger partial charge in [0.25, 0.3) is 5.91 Å². The zero-order valence-corrected chi connectivity index (χ0v) is 16.8. The second kappa shape index (κ2) is 9.18. The van der Waals surface area contributed by atoms with Gasteiger partial charge in [-0.15, -0.1) is 0 Å². The van der Waals surface area contributed by atoms with Gasteiger partial charge in [-0.2, -0.15) is 9.41 Å². The van der Waals surface area contributed by atoms with Crippen molar-refractivity contribution in [2.45, 2.75) is 4.90 Å². The van der Waals surface area contributed by atoms with E-state index >= 15 is 0 Å². The predicted octanol–water partition coefficient (Wildman–Crippen LogP) is 2.77. The molecule has 0 aliphatic rings. The highest BCUT2D eigenvalue weighted by Gasteiger charge is 2.23. The third-order valence-electron chi connectivity index (χ3n) is 3.47. The first kappa shape index (κ1) is 21.2. The summed E-state index contributed by atoms with van der Waals surface area (Å²) in [7, 11) is -1.18. The van der Waals surface area contributed by atoms with Crippen LogP contribution < -0.4 is 10.2 Å². The molecular weight excluding hydrogens is 413 g/mol. The molecule has 0 bridgehead atoms. The van der Waals surface area contributed by atoms with Gasteiger partial charge in [-0.3, -0.25) is 4.79 Å². The Morgan fingerprint density at radius 2 is 1.89 bits per heavy atom. The first-order valence-corrected chi connectivity index (χ1v) is 9.81. The van der Waals surface area contributed by atoms with E-state index in [0.29, 0.717) is 10.8 Å². The van der Waals surface area contributed by atoms with Crippen molar-refractivity contribution in [1.82, 2.24) is 9.73 Å². The van der Waals surface area contributed by atoms with Crippen LogP contribution in [0.15, 0.2) is 52.5 Å². The lowest BCUT2D eigenvalue weighted by Crippen LogP contribution is -2.36. The molecule has 0 unspecified atom stereocenters. The number of hydrogen-bond donors (Lipinski definition) is 1. The van der Waals surface area contributed by atoms with Crippen molar-refractivity contribution in [2.75, 3.05) is 20.7 Å². The maximum atomic E-state index is 12.5. The fourth-order valence-electron chi connectivity index (χ4n) is 2.04. The van der Waals surface area contributed by atoms with E-state index in [1.165, 1.54) is 38.6 Å². The molecule has 0 spiro atoms. The zero-order chi connectivity index (χ0) is 20.0. The van der Waals surface area contributed by atoms with Crippen molar-refractivity contribution in [3.63, 3.8) is 0 Å². The number of methoxy groups -OCH3 is 1.